The van der Waals surface area contributed by atoms with Crippen molar-refractivity contribution in [1.29, 1.82) is 5.26 Å². The summed E-state index contributed by atoms with van der Waals surface area (Å²) in [4.78, 5) is 27.9. The van der Waals surface area contributed by atoms with Crippen LogP contribution in [0.4, 0.5) is 26.3 Å². The van der Waals surface area contributed by atoms with Crippen LogP contribution >= 0.6 is 0 Å². The molecule has 0 radical (unpaired) electrons. The van der Waals surface area contributed by atoms with E-state index in [9.17, 15) is 35.9 Å². The van der Waals surface area contributed by atoms with Crippen molar-refractivity contribution in [3.05, 3.63) is 75.4 Å². The largest absolute Gasteiger partial charge is 0.419 e. The molecule has 0 unspecified atom stereocenters. The maximum atomic E-state index is 14.0. The lowest BCUT2D eigenvalue weighted by Crippen LogP contribution is -2.23. The van der Waals surface area contributed by atoms with Crippen LogP contribution in [0.3, 0.4) is 0 Å². The number of allylic oxidation sites excluding steroid dienone is 2. The third-order valence-electron chi connectivity index (χ3n) is 3.98. The highest BCUT2D eigenvalue weighted by molar-refractivity contribution is 6.24. The number of alkyl halides is 3. The van der Waals surface area contributed by atoms with E-state index < -0.39 is 69.6 Å². The van der Waals surface area contributed by atoms with Crippen LogP contribution in [-0.2, 0) is 12.6 Å². The van der Waals surface area contributed by atoms with Gasteiger partial charge in [-0.3, -0.25) is 9.59 Å². The second-order valence-electron chi connectivity index (χ2n) is 5.75. The molecule has 0 amide bonds. The van der Waals surface area contributed by atoms with Crippen molar-refractivity contribution in [3.8, 4) is 6.07 Å². The zero-order valence-corrected chi connectivity index (χ0v) is 13.5. The van der Waals surface area contributed by atoms with Crippen molar-refractivity contribution >= 4 is 11.6 Å². The first-order valence-electron chi connectivity index (χ1n) is 7.49. The highest BCUT2D eigenvalue weighted by Gasteiger charge is 2.36. The Kier molecular flexibility index (Phi) is 4.54. The van der Waals surface area contributed by atoms with E-state index in [2.05, 4.69) is 4.98 Å². The summed E-state index contributed by atoms with van der Waals surface area (Å²) < 4.78 is 79.6. The number of hydrogen-bond acceptors (Lipinski definition) is 4. The van der Waals surface area contributed by atoms with Gasteiger partial charge < -0.3 is 0 Å². The van der Waals surface area contributed by atoms with Crippen LogP contribution in [0.25, 0.3) is 0 Å². The Labute approximate surface area is 152 Å². The van der Waals surface area contributed by atoms with E-state index in [-0.39, 0.29) is 11.8 Å². The quantitative estimate of drug-likeness (QED) is 0.570. The van der Waals surface area contributed by atoms with E-state index in [1.165, 1.54) is 6.07 Å². The summed E-state index contributed by atoms with van der Waals surface area (Å²) in [6.45, 7) is 0. The fourth-order valence-corrected chi connectivity index (χ4v) is 2.74. The van der Waals surface area contributed by atoms with Crippen molar-refractivity contribution in [2.24, 2.45) is 0 Å². The Bertz CT molecular complexity index is 1110. The second kappa shape index (κ2) is 6.60. The maximum Gasteiger partial charge on any atom is 0.419 e. The highest BCUT2D eigenvalue weighted by atomic mass is 19.4. The molecule has 0 aliphatic heterocycles. The van der Waals surface area contributed by atoms with Gasteiger partial charge in [-0.15, -0.1) is 0 Å². The third kappa shape index (κ3) is 3.15. The molecule has 0 bridgehead atoms. The molecule has 1 aliphatic carbocycles. The summed E-state index contributed by atoms with van der Waals surface area (Å²) in [5, 5.41) is 8.85. The van der Waals surface area contributed by atoms with Gasteiger partial charge in [-0.25, -0.2) is 18.2 Å². The Morgan fingerprint density at radius 3 is 2.32 bits per heavy atom. The Morgan fingerprint density at radius 2 is 1.71 bits per heavy atom. The fraction of sp³-hybridized carbons (Fsp3) is 0.111. The number of ketones is 2. The molecule has 28 heavy (non-hydrogen) atoms. The summed E-state index contributed by atoms with van der Waals surface area (Å²) in [5.74, 6) is -7.10. The molecule has 0 atom stereocenters. The minimum absolute atomic E-state index is 0.134. The molecule has 1 aromatic carbocycles. The number of nitrogens with zero attached hydrogens (tertiary/aromatic N) is 2. The van der Waals surface area contributed by atoms with Crippen molar-refractivity contribution in [3.63, 3.8) is 0 Å². The summed E-state index contributed by atoms with van der Waals surface area (Å²) in [6, 6.07) is 2.86. The molecule has 0 saturated heterocycles. The van der Waals surface area contributed by atoms with Gasteiger partial charge in [0.1, 0.15) is 11.9 Å². The van der Waals surface area contributed by atoms with E-state index in [0.717, 1.165) is 6.07 Å². The summed E-state index contributed by atoms with van der Waals surface area (Å²) in [5.41, 5.74) is -4.89. The van der Waals surface area contributed by atoms with Crippen molar-refractivity contribution in [1.82, 2.24) is 4.98 Å². The summed E-state index contributed by atoms with van der Waals surface area (Å²) >= 11 is 0. The monoisotopic (exact) mass is 396 g/mol. The number of pyridine rings is 1. The Morgan fingerprint density at radius 1 is 1.04 bits per heavy atom. The second-order valence-corrected chi connectivity index (χ2v) is 5.75. The van der Waals surface area contributed by atoms with Crippen molar-refractivity contribution in [2.75, 3.05) is 0 Å². The molecule has 0 fully saturated rings. The average Bonchev–Trinajstić information content (AvgIpc) is 2.61. The van der Waals surface area contributed by atoms with Crippen LogP contribution in [0.2, 0.25) is 0 Å². The lowest BCUT2D eigenvalue weighted by molar-refractivity contribution is -0.138. The van der Waals surface area contributed by atoms with Gasteiger partial charge in [0.2, 0.25) is 0 Å². The van der Waals surface area contributed by atoms with Crippen LogP contribution in [0.5, 0.6) is 0 Å². The lowest BCUT2D eigenvalue weighted by Gasteiger charge is -2.17. The van der Waals surface area contributed by atoms with E-state index in [1.807, 2.05) is 0 Å². The zero-order valence-electron chi connectivity index (χ0n) is 13.5. The first-order chi connectivity index (χ1) is 13.0. The molecule has 0 spiro atoms. The fourth-order valence-electron chi connectivity index (χ4n) is 2.74. The first kappa shape index (κ1) is 19.3. The Hall–Kier alpha value is -3.48. The molecule has 1 aliphatic rings. The standard InChI is InChI=1S/C18H6F6N2O2/c19-10-5-11(20)16(21)15-14(10)13(27)4-7(17(15)28)3-8-1-2-9(18(22,23)24)12(6-25)26-8/h1-2,4-5H,3H2. The Balaban J connectivity index is 2.03. The zero-order chi connectivity index (χ0) is 20.8. The highest BCUT2D eigenvalue weighted by Crippen LogP contribution is 2.32. The lowest BCUT2D eigenvalue weighted by atomic mass is 9.86. The van der Waals surface area contributed by atoms with Gasteiger partial charge in [-0.05, 0) is 18.2 Å². The predicted molar refractivity (Wildman–Crippen MR) is 80.7 cm³/mol. The average molecular weight is 396 g/mol. The number of carbonyl (C=O) groups excluding carboxylic acids is 2. The van der Waals surface area contributed by atoms with Gasteiger partial charge in [-0.2, -0.15) is 18.4 Å². The molecule has 2 aromatic rings. The van der Waals surface area contributed by atoms with Gasteiger partial charge in [0, 0.05) is 23.8 Å². The van der Waals surface area contributed by atoms with E-state index in [1.54, 1.807) is 0 Å². The number of halogens is 6. The predicted octanol–water partition coefficient (Wildman–Crippen LogP) is 3.94. The van der Waals surface area contributed by atoms with Gasteiger partial charge in [0.15, 0.2) is 28.9 Å². The van der Waals surface area contributed by atoms with Crippen LogP contribution in [-0.4, -0.2) is 16.6 Å². The topological polar surface area (TPSA) is 70.8 Å². The van der Waals surface area contributed by atoms with Crippen LogP contribution in [0, 0.1) is 28.8 Å². The van der Waals surface area contributed by atoms with Crippen LogP contribution < -0.4 is 0 Å². The summed E-state index contributed by atoms with van der Waals surface area (Å²) in [7, 11) is 0. The van der Waals surface area contributed by atoms with Crippen LogP contribution in [0.1, 0.15) is 37.7 Å². The molecule has 3 rings (SSSR count). The number of carbonyl (C=O) groups is 2. The van der Waals surface area contributed by atoms with Gasteiger partial charge >= 0.3 is 6.18 Å². The third-order valence-corrected chi connectivity index (χ3v) is 3.98. The number of aromatic nitrogens is 1. The molecule has 4 nitrogen and oxygen atoms in total. The van der Waals surface area contributed by atoms with Crippen molar-refractivity contribution in [2.45, 2.75) is 12.6 Å². The molecule has 0 saturated carbocycles. The minimum Gasteiger partial charge on any atom is -0.289 e. The number of nitriles is 1. The molecule has 0 N–H and O–H groups in total. The number of fused-ring (bicyclic) bond motifs is 1. The smallest absolute Gasteiger partial charge is 0.289 e. The minimum atomic E-state index is -4.83. The van der Waals surface area contributed by atoms with Crippen LogP contribution in [0.15, 0.2) is 29.8 Å². The molecule has 10 heteroatoms. The molecule has 1 heterocycles. The number of rotatable bonds is 2. The van der Waals surface area contributed by atoms with E-state index in [4.69, 9.17) is 5.26 Å². The number of benzene rings is 1. The molecule has 142 valence electrons. The van der Waals surface area contributed by atoms with Crippen molar-refractivity contribution < 1.29 is 35.9 Å². The van der Waals surface area contributed by atoms with Gasteiger partial charge in [-0.1, -0.05) is 0 Å². The molecule has 1 aromatic heterocycles. The molecular formula is C18H6F6N2O2. The first-order valence-corrected chi connectivity index (χ1v) is 7.49. The van der Waals surface area contributed by atoms with E-state index >= 15 is 0 Å². The summed E-state index contributed by atoms with van der Waals surface area (Å²) in [6.07, 6.45) is -4.70. The molecular weight excluding hydrogens is 390 g/mol. The number of Topliss-reactive ketones (excluding diaryl/α,β-unsaturated/α-hetero) is 1. The maximum absolute atomic E-state index is 14.0. The number of hydrogen-bond donors (Lipinski definition) is 0. The van der Waals surface area contributed by atoms with Gasteiger partial charge in [0.25, 0.3) is 0 Å². The van der Waals surface area contributed by atoms with E-state index in [0.29, 0.717) is 12.1 Å². The SMILES string of the molecule is N#Cc1nc(CC2=CC(=O)c3c(F)cc(F)c(F)c3C2=O)ccc1C(F)(F)F. The normalized spacial score (nSPS) is 13.8. The van der Waals surface area contributed by atoms with Gasteiger partial charge in [0.05, 0.1) is 16.7 Å².